The summed E-state index contributed by atoms with van der Waals surface area (Å²) in [7, 11) is 0.172. The molecule has 3 nitrogen and oxygen atoms in total. The highest BCUT2D eigenvalue weighted by atomic mass is 31.2. The molecule has 0 amide bonds. The number of hydrogen-bond donors (Lipinski definition) is 0. The van der Waals surface area contributed by atoms with Gasteiger partial charge in [-0.05, 0) is 79.5 Å². The van der Waals surface area contributed by atoms with Crippen LogP contribution in [0, 0.1) is 0 Å². The van der Waals surface area contributed by atoms with Gasteiger partial charge in [0, 0.05) is 27.8 Å². The van der Waals surface area contributed by atoms with Crippen LogP contribution in [-0.2, 0) is 32.5 Å². The lowest BCUT2D eigenvalue weighted by molar-refractivity contribution is 0.398. The van der Waals surface area contributed by atoms with Crippen LogP contribution in [0.4, 0.5) is 0 Å². The van der Waals surface area contributed by atoms with Gasteiger partial charge >= 0.3 is 8.38 Å². The average Bonchev–Trinajstić information content (AvgIpc) is 3.01. The number of methoxy groups -OCH3 is 1. The van der Waals surface area contributed by atoms with E-state index in [4.69, 9.17) is 13.8 Å². The Morgan fingerprint density at radius 1 is 0.396 bits per heavy atom. The molecule has 0 saturated heterocycles. The van der Waals surface area contributed by atoms with Crippen LogP contribution in [-0.4, -0.2) is 7.11 Å². The standard InChI is InChI=1S/C49H69O3P/c1-44(2,3)32-25-26-41(38(29-32)47(10,11)12)51-53(35-23-21-20-22-24-35)52-43-37(28-34(46(7,8)9)31-40(43)49(16,17)18)36-27-33(45(4,5)6)30-39(42(36)50-19)48(13,14)15/h20-31H,1-19H3. The normalized spacial score (nSPS) is 13.9. The van der Waals surface area contributed by atoms with Crippen molar-refractivity contribution in [2.24, 2.45) is 0 Å². The highest BCUT2D eigenvalue weighted by Gasteiger charge is 2.34. The van der Waals surface area contributed by atoms with Crippen molar-refractivity contribution in [1.29, 1.82) is 0 Å². The molecule has 0 spiro atoms. The van der Waals surface area contributed by atoms with Gasteiger partial charge in [-0.3, -0.25) is 0 Å². The summed E-state index contributed by atoms with van der Waals surface area (Å²) in [5.74, 6) is 2.58. The average molecular weight is 737 g/mol. The van der Waals surface area contributed by atoms with Crippen molar-refractivity contribution >= 4 is 13.7 Å². The first-order valence-corrected chi connectivity index (χ1v) is 20.5. The Hall–Kier alpha value is -3.29. The highest BCUT2D eigenvalue weighted by molar-refractivity contribution is 7.56. The van der Waals surface area contributed by atoms with Crippen LogP contribution in [0.15, 0.2) is 72.8 Å². The summed E-state index contributed by atoms with van der Waals surface area (Å²) in [5, 5.41) is 1.01. The molecule has 0 saturated carbocycles. The first kappa shape index (κ1) is 42.5. The van der Waals surface area contributed by atoms with Gasteiger partial charge in [0.15, 0.2) is 0 Å². The van der Waals surface area contributed by atoms with Crippen molar-refractivity contribution in [3.63, 3.8) is 0 Å². The fraction of sp³-hybridized carbons (Fsp3) is 0.510. The number of ether oxygens (including phenoxy) is 1. The molecule has 4 aromatic carbocycles. The van der Waals surface area contributed by atoms with Gasteiger partial charge in [0.25, 0.3) is 0 Å². The molecular weight excluding hydrogens is 668 g/mol. The second kappa shape index (κ2) is 14.7. The minimum absolute atomic E-state index is 0.0110. The second-order valence-corrected chi connectivity index (χ2v) is 22.4. The van der Waals surface area contributed by atoms with E-state index in [-0.39, 0.29) is 32.5 Å². The van der Waals surface area contributed by atoms with E-state index in [2.05, 4.69) is 197 Å². The molecule has 288 valence electrons. The van der Waals surface area contributed by atoms with Gasteiger partial charge in [0.2, 0.25) is 0 Å². The van der Waals surface area contributed by atoms with Crippen LogP contribution < -0.4 is 19.1 Å². The summed E-state index contributed by atoms with van der Waals surface area (Å²) < 4.78 is 21.2. The third-order valence-electron chi connectivity index (χ3n) is 10.00. The largest absolute Gasteiger partial charge is 0.496 e. The molecule has 0 bridgehead atoms. The zero-order valence-electron chi connectivity index (χ0n) is 36.6. The van der Waals surface area contributed by atoms with Crippen molar-refractivity contribution in [3.8, 4) is 28.4 Å². The molecule has 0 aliphatic heterocycles. The van der Waals surface area contributed by atoms with Crippen LogP contribution in [0.3, 0.4) is 0 Å². The van der Waals surface area contributed by atoms with Gasteiger partial charge in [-0.15, -0.1) is 0 Å². The third-order valence-corrected chi connectivity index (χ3v) is 11.4. The van der Waals surface area contributed by atoms with E-state index in [0.29, 0.717) is 0 Å². The summed E-state index contributed by atoms with van der Waals surface area (Å²) in [4.78, 5) is 0. The van der Waals surface area contributed by atoms with Crippen LogP contribution in [0.25, 0.3) is 11.1 Å². The molecule has 1 unspecified atom stereocenters. The maximum Gasteiger partial charge on any atom is 0.326 e. The zero-order chi connectivity index (χ0) is 40.1. The van der Waals surface area contributed by atoms with Gasteiger partial charge in [-0.2, -0.15) is 0 Å². The van der Waals surface area contributed by atoms with E-state index >= 15 is 0 Å². The zero-order valence-corrected chi connectivity index (χ0v) is 37.5. The van der Waals surface area contributed by atoms with Crippen LogP contribution in [0.2, 0.25) is 0 Å². The molecule has 4 rings (SSSR count). The predicted molar refractivity (Wildman–Crippen MR) is 231 cm³/mol. The van der Waals surface area contributed by atoms with Gasteiger partial charge in [-0.25, -0.2) is 0 Å². The van der Waals surface area contributed by atoms with Crippen molar-refractivity contribution in [2.75, 3.05) is 7.11 Å². The fourth-order valence-corrected chi connectivity index (χ4v) is 7.83. The third kappa shape index (κ3) is 9.88. The Labute approximate surface area is 325 Å². The Morgan fingerprint density at radius 2 is 0.811 bits per heavy atom. The lowest BCUT2D eigenvalue weighted by Crippen LogP contribution is -2.21. The van der Waals surface area contributed by atoms with Crippen LogP contribution in [0.1, 0.15) is 158 Å². The van der Waals surface area contributed by atoms with Crippen molar-refractivity contribution in [1.82, 2.24) is 0 Å². The van der Waals surface area contributed by atoms with Crippen molar-refractivity contribution in [3.05, 3.63) is 106 Å². The highest BCUT2D eigenvalue weighted by Crippen LogP contribution is 2.53. The van der Waals surface area contributed by atoms with Crippen LogP contribution >= 0.6 is 8.38 Å². The van der Waals surface area contributed by atoms with Crippen molar-refractivity contribution in [2.45, 2.75) is 157 Å². The Bertz CT molecular complexity index is 1890. The smallest absolute Gasteiger partial charge is 0.326 e. The molecular formula is C49H69O3P. The fourth-order valence-electron chi connectivity index (χ4n) is 6.46. The molecule has 1 atom stereocenters. The van der Waals surface area contributed by atoms with E-state index in [1.165, 1.54) is 27.8 Å². The van der Waals surface area contributed by atoms with E-state index in [9.17, 15) is 0 Å². The second-order valence-electron chi connectivity index (χ2n) is 21.0. The molecule has 0 heterocycles. The molecule has 0 aromatic heterocycles. The molecule has 0 aliphatic carbocycles. The number of hydrogen-bond acceptors (Lipinski definition) is 3. The van der Waals surface area contributed by atoms with Crippen LogP contribution in [0.5, 0.6) is 17.2 Å². The van der Waals surface area contributed by atoms with Gasteiger partial charge < -0.3 is 13.8 Å². The maximum absolute atomic E-state index is 7.52. The SMILES string of the molecule is COc1c(-c2cc(C(C)(C)C)cc(C(C)(C)C)c2OP(Oc2ccc(C(C)(C)C)cc2C(C)(C)C)c2ccccc2)cc(C(C)(C)C)cc1C(C)(C)C. The molecule has 0 fully saturated rings. The lowest BCUT2D eigenvalue weighted by Gasteiger charge is -2.33. The Kier molecular flexibility index (Phi) is 11.8. The molecule has 0 radical (unpaired) electrons. The number of rotatable bonds is 7. The van der Waals surface area contributed by atoms with E-state index in [1.54, 1.807) is 7.11 Å². The number of benzene rings is 4. The Morgan fingerprint density at radius 3 is 1.23 bits per heavy atom. The summed E-state index contributed by atoms with van der Waals surface area (Å²) in [6.45, 7) is 40.9. The molecule has 0 N–H and O–H groups in total. The van der Waals surface area contributed by atoms with Gasteiger partial charge in [-0.1, -0.05) is 167 Å². The van der Waals surface area contributed by atoms with E-state index < -0.39 is 8.38 Å². The van der Waals surface area contributed by atoms with Crippen molar-refractivity contribution < 1.29 is 13.8 Å². The topological polar surface area (TPSA) is 27.7 Å². The van der Waals surface area contributed by atoms with E-state index in [0.717, 1.165) is 39.2 Å². The predicted octanol–water partition coefficient (Wildman–Crippen LogP) is 14.2. The van der Waals surface area contributed by atoms with E-state index in [1.807, 2.05) is 0 Å². The summed E-state index contributed by atoms with van der Waals surface area (Å²) >= 11 is 0. The summed E-state index contributed by atoms with van der Waals surface area (Å²) in [5.41, 5.74) is 8.66. The quantitative estimate of drug-likeness (QED) is 0.177. The lowest BCUT2D eigenvalue weighted by atomic mass is 9.75. The minimum Gasteiger partial charge on any atom is -0.496 e. The Balaban J connectivity index is 2.14. The summed E-state index contributed by atoms with van der Waals surface area (Å²) in [6, 6.07) is 26.5. The monoisotopic (exact) mass is 736 g/mol. The van der Waals surface area contributed by atoms with Gasteiger partial charge in [0.05, 0.1) is 12.4 Å². The molecule has 53 heavy (non-hydrogen) atoms. The molecule has 4 aromatic rings. The van der Waals surface area contributed by atoms with Gasteiger partial charge in [0.1, 0.15) is 17.2 Å². The summed E-state index contributed by atoms with van der Waals surface area (Å²) in [6.07, 6.45) is 0. The molecule has 4 heteroatoms. The first-order chi connectivity index (χ1) is 24.0. The first-order valence-electron chi connectivity index (χ1n) is 19.3. The minimum atomic E-state index is -1.63. The molecule has 0 aliphatic rings. The maximum atomic E-state index is 7.52.